The molecule has 19 heavy (non-hydrogen) atoms. The standard InChI is InChI=1S/C14H20BrNO2S/c1-4-5-12-11(15)6-13(19-12)14(17)16-7-9(2)18-10(3)8-16/h6,9-10H,4-5,7-8H2,1-3H3/t9-,10+. The molecule has 0 unspecified atom stereocenters. The topological polar surface area (TPSA) is 29.5 Å². The molecule has 1 saturated heterocycles. The molecule has 1 aromatic heterocycles. The van der Waals surface area contributed by atoms with E-state index in [1.807, 2.05) is 24.8 Å². The molecule has 0 N–H and O–H groups in total. The molecule has 5 heteroatoms. The van der Waals surface area contributed by atoms with Gasteiger partial charge in [0.15, 0.2) is 0 Å². The Hall–Kier alpha value is -0.390. The van der Waals surface area contributed by atoms with Crippen molar-refractivity contribution in [1.29, 1.82) is 0 Å². The number of ether oxygens (including phenoxy) is 1. The first-order valence-corrected chi connectivity index (χ1v) is 8.35. The van der Waals surface area contributed by atoms with Gasteiger partial charge in [0, 0.05) is 22.4 Å². The van der Waals surface area contributed by atoms with E-state index in [-0.39, 0.29) is 18.1 Å². The van der Waals surface area contributed by atoms with Crippen molar-refractivity contribution in [3.63, 3.8) is 0 Å². The van der Waals surface area contributed by atoms with Gasteiger partial charge in [-0.3, -0.25) is 4.79 Å². The molecule has 2 heterocycles. The molecule has 1 amide bonds. The molecule has 106 valence electrons. The molecular weight excluding hydrogens is 326 g/mol. The van der Waals surface area contributed by atoms with Crippen molar-refractivity contribution < 1.29 is 9.53 Å². The van der Waals surface area contributed by atoms with Crippen molar-refractivity contribution in [2.24, 2.45) is 0 Å². The molecule has 0 aliphatic carbocycles. The minimum atomic E-state index is 0.117. The summed E-state index contributed by atoms with van der Waals surface area (Å²) in [6, 6.07) is 1.96. The van der Waals surface area contributed by atoms with E-state index >= 15 is 0 Å². The second-order valence-electron chi connectivity index (χ2n) is 5.10. The summed E-state index contributed by atoms with van der Waals surface area (Å²) in [5.41, 5.74) is 0. The number of carbonyl (C=O) groups excluding carboxylic acids is 1. The van der Waals surface area contributed by atoms with Crippen LogP contribution in [0.4, 0.5) is 0 Å². The lowest BCUT2D eigenvalue weighted by Gasteiger charge is -2.35. The molecule has 0 spiro atoms. The summed E-state index contributed by atoms with van der Waals surface area (Å²) in [5, 5.41) is 0. The fourth-order valence-electron chi connectivity index (χ4n) is 2.41. The Morgan fingerprint density at radius 1 is 1.47 bits per heavy atom. The smallest absolute Gasteiger partial charge is 0.264 e. The van der Waals surface area contributed by atoms with Crippen molar-refractivity contribution in [3.8, 4) is 0 Å². The largest absolute Gasteiger partial charge is 0.372 e. The molecular formula is C14H20BrNO2S. The molecule has 0 radical (unpaired) electrons. The quantitative estimate of drug-likeness (QED) is 0.835. The number of hydrogen-bond acceptors (Lipinski definition) is 3. The average molecular weight is 346 g/mol. The molecule has 2 rings (SSSR count). The van der Waals surface area contributed by atoms with Crippen LogP contribution in [0, 0.1) is 0 Å². The van der Waals surface area contributed by atoms with E-state index in [0.717, 1.165) is 22.2 Å². The van der Waals surface area contributed by atoms with Gasteiger partial charge in [0.2, 0.25) is 0 Å². The second-order valence-corrected chi connectivity index (χ2v) is 7.09. The Morgan fingerprint density at radius 3 is 2.68 bits per heavy atom. The van der Waals surface area contributed by atoms with E-state index in [2.05, 4.69) is 22.9 Å². The lowest BCUT2D eigenvalue weighted by molar-refractivity contribution is -0.0585. The third-order valence-electron chi connectivity index (χ3n) is 3.15. The van der Waals surface area contributed by atoms with Crippen LogP contribution in [0.25, 0.3) is 0 Å². The van der Waals surface area contributed by atoms with E-state index in [0.29, 0.717) is 13.1 Å². The summed E-state index contributed by atoms with van der Waals surface area (Å²) < 4.78 is 6.74. The number of amides is 1. The zero-order chi connectivity index (χ0) is 14.0. The Labute approximate surface area is 127 Å². The Balaban J connectivity index is 2.12. The van der Waals surface area contributed by atoms with Crippen LogP contribution in [-0.4, -0.2) is 36.1 Å². The molecule has 0 bridgehead atoms. The fourth-order valence-corrected chi connectivity index (χ4v) is 4.35. The molecule has 1 aromatic rings. The van der Waals surface area contributed by atoms with Crippen LogP contribution in [0.1, 0.15) is 41.7 Å². The van der Waals surface area contributed by atoms with E-state index in [1.165, 1.54) is 4.88 Å². The fraction of sp³-hybridized carbons (Fsp3) is 0.643. The van der Waals surface area contributed by atoms with Gasteiger partial charge >= 0.3 is 0 Å². The number of hydrogen-bond donors (Lipinski definition) is 0. The Kier molecular flexibility index (Phi) is 5.03. The zero-order valence-electron chi connectivity index (χ0n) is 11.6. The third kappa shape index (κ3) is 3.58. The lowest BCUT2D eigenvalue weighted by atomic mass is 10.2. The minimum Gasteiger partial charge on any atom is -0.372 e. The van der Waals surface area contributed by atoms with E-state index < -0.39 is 0 Å². The van der Waals surface area contributed by atoms with Crippen LogP contribution < -0.4 is 0 Å². The van der Waals surface area contributed by atoms with Crippen molar-refractivity contribution in [2.45, 2.75) is 45.8 Å². The minimum absolute atomic E-state index is 0.117. The number of halogens is 1. The third-order valence-corrected chi connectivity index (χ3v) is 5.30. The highest BCUT2D eigenvalue weighted by molar-refractivity contribution is 9.10. The predicted molar refractivity (Wildman–Crippen MR) is 81.9 cm³/mol. The summed E-state index contributed by atoms with van der Waals surface area (Å²) in [6.45, 7) is 7.55. The highest BCUT2D eigenvalue weighted by atomic mass is 79.9. The van der Waals surface area contributed by atoms with Gasteiger partial charge < -0.3 is 9.64 Å². The summed E-state index contributed by atoms with van der Waals surface area (Å²) in [4.78, 5) is 16.5. The number of rotatable bonds is 3. The highest BCUT2D eigenvalue weighted by Gasteiger charge is 2.27. The molecule has 1 fully saturated rings. The van der Waals surface area contributed by atoms with Crippen molar-refractivity contribution in [3.05, 3.63) is 20.3 Å². The monoisotopic (exact) mass is 345 g/mol. The van der Waals surface area contributed by atoms with Crippen LogP contribution in [0.2, 0.25) is 0 Å². The highest BCUT2D eigenvalue weighted by Crippen LogP contribution is 2.30. The van der Waals surface area contributed by atoms with E-state index in [4.69, 9.17) is 4.74 Å². The van der Waals surface area contributed by atoms with Gasteiger partial charge in [0.25, 0.3) is 5.91 Å². The maximum Gasteiger partial charge on any atom is 0.264 e. The van der Waals surface area contributed by atoms with Gasteiger partial charge in [-0.05, 0) is 42.3 Å². The van der Waals surface area contributed by atoms with Gasteiger partial charge in [-0.1, -0.05) is 13.3 Å². The molecule has 1 aliphatic rings. The molecule has 0 aromatic carbocycles. The Bertz CT molecular complexity index is 450. The molecule has 3 nitrogen and oxygen atoms in total. The first-order chi connectivity index (χ1) is 9.01. The molecule has 0 saturated carbocycles. The average Bonchev–Trinajstić information content (AvgIpc) is 2.69. The van der Waals surface area contributed by atoms with Crippen molar-refractivity contribution in [2.75, 3.05) is 13.1 Å². The summed E-state index contributed by atoms with van der Waals surface area (Å²) in [6.07, 6.45) is 2.35. The van der Waals surface area contributed by atoms with Crippen LogP contribution >= 0.6 is 27.3 Å². The van der Waals surface area contributed by atoms with Crippen LogP contribution in [-0.2, 0) is 11.2 Å². The van der Waals surface area contributed by atoms with Gasteiger partial charge in [-0.2, -0.15) is 0 Å². The second kappa shape index (κ2) is 6.37. The maximum absolute atomic E-state index is 12.5. The Morgan fingerprint density at radius 2 is 2.11 bits per heavy atom. The van der Waals surface area contributed by atoms with E-state index in [1.54, 1.807) is 11.3 Å². The summed E-state index contributed by atoms with van der Waals surface area (Å²) in [5.74, 6) is 0.134. The van der Waals surface area contributed by atoms with Crippen LogP contribution in [0.3, 0.4) is 0 Å². The van der Waals surface area contributed by atoms with Gasteiger partial charge in [0.05, 0.1) is 17.1 Å². The lowest BCUT2D eigenvalue weighted by Crippen LogP contribution is -2.48. The SMILES string of the molecule is CCCc1sc(C(=O)N2C[C@@H](C)O[C@@H](C)C2)cc1Br. The van der Waals surface area contributed by atoms with Crippen molar-refractivity contribution >= 4 is 33.2 Å². The number of carbonyl (C=O) groups is 1. The van der Waals surface area contributed by atoms with Gasteiger partial charge in [-0.15, -0.1) is 11.3 Å². The normalized spacial score (nSPS) is 23.7. The first-order valence-electron chi connectivity index (χ1n) is 6.74. The number of morpholine rings is 1. The van der Waals surface area contributed by atoms with Crippen LogP contribution in [0.15, 0.2) is 10.5 Å². The number of nitrogens with zero attached hydrogens (tertiary/aromatic N) is 1. The maximum atomic E-state index is 12.5. The summed E-state index contributed by atoms with van der Waals surface area (Å²) in [7, 11) is 0. The van der Waals surface area contributed by atoms with Crippen molar-refractivity contribution in [1.82, 2.24) is 4.90 Å². The predicted octanol–water partition coefficient (Wildman–Crippen LogP) is 3.71. The first kappa shape index (κ1) is 15.0. The number of aryl methyl sites for hydroxylation is 1. The summed E-state index contributed by atoms with van der Waals surface area (Å²) >= 11 is 5.16. The molecule has 2 atom stereocenters. The van der Waals surface area contributed by atoms with Gasteiger partial charge in [-0.25, -0.2) is 0 Å². The molecule has 1 aliphatic heterocycles. The zero-order valence-corrected chi connectivity index (χ0v) is 14.0. The van der Waals surface area contributed by atoms with Crippen LogP contribution in [0.5, 0.6) is 0 Å². The van der Waals surface area contributed by atoms with Gasteiger partial charge in [0.1, 0.15) is 0 Å². The number of thiophene rings is 1. The van der Waals surface area contributed by atoms with E-state index in [9.17, 15) is 4.79 Å².